The van der Waals surface area contributed by atoms with E-state index >= 15 is 0 Å². The molecule has 1 aliphatic heterocycles. The molecular weight excluding hydrogens is 658 g/mol. The summed E-state index contributed by atoms with van der Waals surface area (Å²) in [5.41, 5.74) is 4.49. The van der Waals surface area contributed by atoms with Crippen LogP contribution in [0.2, 0.25) is 0 Å². The van der Waals surface area contributed by atoms with E-state index in [1.807, 2.05) is 25.1 Å². The normalized spacial score (nSPS) is 16.1. The molecule has 1 unspecified atom stereocenters. The Morgan fingerprint density at radius 2 is 1.67 bits per heavy atom. The number of carboxylic acid groups (broad SMARTS) is 1. The number of carboxylic acids is 1. The van der Waals surface area contributed by atoms with Crippen molar-refractivity contribution >= 4 is 61.5 Å². The van der Waals surface area contributed by atoms with Gasteiger partial charge in [-0.2, -0.15) is 0 Å². The van der Waals surface area contributed by atoms with E-state index in [0.717, 1.165) is 31.5 Å². The van der Waals surface area contributed by atoms with Gasteiger partial charge < -0.3 is 15.5 Å². The second-order valence-electron chi connectivity index (χ2n) is 10.8. The number of aliphatic hydroxyl groups excluding tert-OH is 1. The summed E-state index contributed by atoms with van der Waals surface area (Å²) in [7, 11) is -3.73. The lowest BCUT2D eigenvalue weighted by molar-refractivity contribution is -0.135. The van der Waals surface area contributed by atoms with Crippen LogP contribution in [0.25, 0.3) is 23.0 Å². The lowest BCUT2D eigenvalue weighted by Gasteiger charge is -2.28. The van der Waals surface area contributed by atoms with Crippen molar-refractivity contribution in [2.45, 2.75) is 23.1 Å². The molecule has 10 nitrogen and oxygen atoms in total. The molecule has 0 saturated heterocycles. The quantitative estimate of drug-likeness (QED) is 0.225. The third-order valence-corrected chi connectivity index (χ3v) is 10.5. The first kappa shape index (κ1) is 33.9. The Hall–Kier alpha value is -5.40. The zero-order chi connectivity index (χ0) is 34.7. The van der Waals surface area contributed by atoms with Crippen molar-refractivity contribution in [1.29, 1.82) is 0 Å². The number of amides is 1. The van der Waals surface area contributed by atoms with Crippen LogP contribution in [0.4, 0.5) is 10.2 Å². The van der Waals surface area contributed by atoms with Crippen molar-refractivity contribution in [2.75, 3.05) is 18.6 Å². The van der Waals surface area contributed by atoms with Gasteiger partial charge in [-0.3, -0.25) is 18.1 Å². The number of carbonyl (C=O) groups is 2. The van der Waals surface area contributed by atoms with Crippen molar-refractivity contribution in [3.63, 3.8) is 0 Å². The van der Waals surface area contributed by atoms with E-state index in [0.29, 0.717) is 11.1 Å². The van der Waals surface area contributed by atoms with Gasteiger partial charge in [0, 0.05) is 40.8 Å². The molecule has 4 aromatic rings. The number of aromatic nitrogens is 1. The number of sulfonamides is 1. The number of anilines is 1. The molecule has 6 rings (SSSR count). The average Bonchev–Trinajstić information content (AvgIpc) is 3.30. The van der Waals surface area contributed by atoms with E-state index < -0.39 is 38.5 Å². The number of halogens is 1. The first-order valence-corrected chi connectivity index (χ1v) is 17.4. The van der Waals surface area contributed by atoms with Gasteiger partial charge in [-0.25, -0.2) is 17.8 Å². The number of carbonyl (C=O) groups excluding carboxylic acids is 1. The summed E-state index contributed by atoms with van der Waals surface area (Å²) in [6, 6.07) is 22.7. The molecule has 0 saturated carbocycles. The highest BCUT2D eigenvalue weighted by Crippen LogP contribution is 2.44. The van der Waals surface area contributed by atoms with Gasteiger partial charge in [-0.05, 0) is 94.9 Å². The number of hydrogen-bond acceptors (Lipinski definition) is 7. The van der Waals surface area contributed by atoms with Crippen LogP contribution in [0.3, 0.4) is 0 Å². The average molecular weight is 688 g/mol. The molecule has 2 aliphatic rings. The lowest BCUT2D eigenvalue weighted by Crippen LogP contribution is -2.37. The van der Waals surface area contributed by atoms with Gasteiger partial charge >= 0.3 is 5.97 Å². The number of rotatable bonds is 6. The molecule has 3 aromatic carbocycles. The largest absolute Gasteiger partial charge is 0.505 e. The number of nitrogens with zero attached hydrogens (tertiary/aromatic N) is 2. The van der Waals surface area contributed by atoms with Gasteiger partial charge in [0.1, 0.15) is 11.6 Å². The van der Waals surface area contributed by atoms with Crippen LogP contribution >= 0.6 is 0 Å². The summed E-state index contributed by atoms with van der Waals surface area (Å²) < 4.78 is 50.9. The van der Waals surface area contributed by atoms with Crippen LogP contribution in [0, 0.1) is 5.82 Å². The summed E-state index contributed by atoms with van der Waals surface area (Å²) in [4.78, 5) is 28.2. The Morgan fingerprint density at radius 1 is 0.979 bits per heavy atom. The van der Waals surface area contributed by atoms with E-state index in [-0.39, 0.29) is 34.2 Å². The Kier molecular flexibility index (Phi) is 9.73. The number of hydrogen-bond donors (Lipinski definition) is 3. The zero-order valence-corrected chi connectivity index (χ0v) is 27.6. The van der Waals surface area contributed by atoms with Crippen LogP contribution in [0.5, 0.6) is 0 Å². The van der Waals surface area contributed by atoms with Gasteiger partial charge in [0.2, 0.25) is 0 Å². The van der Waals surface area contributed by atoms with Crippen molar-refractivity contribution in [3.8, 4) is 0 Å². The van der Waals surface area contributed by atoms with Crippen LogP contribution in [0.1, 0.15) is 35.6 Å². The maximum Gasteiger partial charge on any atom is 0.307 e. The fourth-order valence-electron chi connectivity index (χ4n) is 5.35. The van der Waals surface area contributed by atoms with Crippen LogP contribution < -0.4 is 5.32 Å². The molecule has 48 heavy (non-hydrogen) atoms. The maximum absolute atomic E-state index is 13.7. The molecule has 1 atom stereocenters. The molecule has 3 N–H and O–H groups in total. The second kappa shape index (κ2) is 13.8. The monoisotopic (exact) mass is 687 g/mol. The molecule has 1 aliphatic carbocycles. The van der Waals surface area contributed by atoms with E-state index in [4.69, 9.17) is 5.11 Å². The van der Waals surface area contributed by atoms with Crippen LogP contribution in [-0.4, -0.2) is 57.3 Å². The lowest BCUT2D eigenvalue weighted by atomic mass is 10.0. The first-order valence-electron chi connectivity index (χ1n) is 14.4. The molecule has 1 amide bonds. The SMILES string of the molecule is CC1=C(CC(=O)O)c2cc(F)ccc2/C1=C\c1ccc(S(C)=O)cc1.CN1C(C(=O)Nc2ccccn2)=C(O)c2ccccc2S1(=O)=O. The van der Waals surface area contributed by atoms with Gasteiger partial charge in [-0.1, -0.05) is 36.4 Å². The predicted octanol–water partition coefficient (Wildman–Crippen LogP) is 5.95. The maximum atomic E-state index is 13.7. The highest BCUT2D eigenvalue weighted by Gasteiger charge is 2.37. The van der Waals surface area contributed by atoms with Crippen LogP contribution in [-0.2, 0) is 30.4 Å². The van der Waals surface area contributed by atoms with E-state index in [9.17, 15) is 31.7 Å². The molecule has 0 spiro atoms. The predicted molar refractivity (Wildman–Crippen MR) is 182 cm³/mol. The highest BCUT2D eigenvalue weighted by atomic mass is 32.2. The summed E-state index contributed by atoms with van der Waals surface area (Å²) in [6.45, 7) is 1.86. The molecule has 2 heterocycles. The summed E-state index contributed by atoms with van der Waals surface area (Å²) in [6.07, 6.45) is 4.91. The van der Waals surface area contributed by atoms with Gasteiger partial charge in [-0.15, -0.1) is 0 Å². The van der Waals surface area contributed by atoms with Crippen molar-refractivity contribution in [3.05, 3.63) is 130 Å². The molecule has 246 valence electrons. The van der Waals surface area contributed by atoms with E-state index in [1.54, 1.807) is 54.8 Å². The Labute approximate surface area is 279 Å². The Morgan fingerprint density at radius 3 is 2.31 bits per heavy atom. The fraction of sp³-hybridized carbons (Fsp3) is 0.114. The second-order valence-corrected chi connectivity index (χ2v) is 14.1. The topological polar surface area (TPSA) is 154 Å². The molecular formula is C35H30FN3O7S2. The number of likely N-dealkylation sites (N-methyl/N-ethyl adjacent to an activating group) is 1. The van der Waals surface area contributed by atoms with E-state index in [2.05, 4.69) is 10.3 Å². The first-order chi connectivity index (χ1) is 22.8. The number of aliphatic carboxylic acids is 1. The third kappa shape index (κ3) is 6.82. The number of benzene rings is 3. The molecule has 0 fully saturated rings. The summed E-state index contributed by atoms with van der Waals surface area (Å²) in [5, 5.41) is 22.0. The smallest absolute Gasteiger partial charge is 0.307 e. The van der Waals surface area contributed by atoms with Gasteiger partial charge in [0.15, 0.2) is 11.5 Å². The minimum atomic E-state index is -3.91. The Balaban J connectivity index is 0.000000188. The standard InChI is InChI=1S/C20H17FO3S.C15H13N3O4S/c1-12-17(9-13-3-6-15(7-4-13)25(2)24)16-8-5-14(21)10-19(16)18(12)11-20(22)23;1-18-13(15(20)17-12-8-4-5-9-16-12)14(19)10-6-2-3-7-11(10)23(18,21)22/h3-10H,11H2,1-2H3,(H,22,23);2-9,19H,1H3,(H,16,17,20)/b17-9-;. The van der Waals surface area contributed by atoms with Crippen molar-refractivity contribution in [2.24, 2.45) is 0 Å². The molecule has 0 radical (unpaired) electrons. The summed E-state index contributed by atoms with van der Waals surface area (Å²) in [5.74, 6) is -2.23. The van der Waals surface area contributed by atoms with Gasteiger partial charge in [0.25, 0.3) is 15.9 Å². The van der Waals surface area contributed by atoms with Crippen molar-refractivity contribution in [1.82, 2.24) is 9.29 Å². The van der Waals surface area contributed by atoms with E-state index in [1.165, 1.54) is 37.5 Å². The number of fused-ring (bicyclic) bond motifs is 2. The molecule has 0 bridgehead atoms. The fourth-order valence-corrected chi connectivity index (χ4v) is 7.27. The Bertz CT molecular complexity index is 2160. The molecule has 1 aromatic heterocycles. The van der Waals surface area contributed by atoms with Crippen LogP contribution in [0.15, 0.2) is 112 Å². The number of allylic oxidation sites excluding steroid dienone is 2. The highest BCUT2D eigenvalue weighted by molar-refractivity contribution is 7.89. The third-order valence-electron chi connectivity index (χ3n) is 7.75. The zero-order valence-electron chi connectivity index (χ0n) is 26.0. The van der Waals surface area contributed by atoms with Crippen molar-refractivity contribution < 1.29 is 36.8 Å². The minimum Gasteiger partial charge on any atom is -0.505 e. The van der Waals surface area contributed by atoms with Gasteiger partial charge in [0.05, 0.1) is 11.3 Å². The number of nitrogens with one attached hydrogen (secondary N) is 1. The number of aliphatic hydroxyl groups is 1. The summed E-state index contributed by atoms with van der Waals surface area (Å²) >= 11 is 0. The molecule has 13 heteroatoms. The minimum absolute atomic E-state index is 0.0469. The number of pyridine rings is 1.